The van der Waals surface area contributed by atoms with Crippen LogP contribution in [0.15, 0.2) is 0 Å². The Labute approximate surface area is 130 Å². The van der Waals surface area contributed by atoms with Gasteiger partial charge in [-0.3, -0.25) is 0 Å². The third-order valence-electron chi connectivity index (χ3n) is 3.98. The van der Waals surface area contributed by atoms with Gasteiger partial charge in [0.2, 0.25) is 0 Å². The first kappa shape index (κ1) is 18.9. The zero-order valence-corrected chi connectivity index (χ0v) is 12.0. The molecule has 23 heavy (non-hydrogen) atoms. The molecule has 10 atom stereocenters. The van der Waals surface area contributed by atoms with Crippen molar-refractivity contribution in [1.29, 1.82) is 0 Å². The van der Waals surface area contributed by atoms with Gasteiger partial charge < -0.3 is 55.1 Å². The van der Waals surface area contributed by atoms with Crippen molar-refractivity contribution in [3.63, 3.8) is 0 Å². The van der Waals surface area contributed by atoms with Crippen LogP contribution in [0.4, 0.5) is 0 Å². The van der Waals surface area contributed by atoms with Crippen LogP contribution in [0, 0.1) is 0 Å². The predicted octanol–water partition coefficient (Wildman–Crippen LogP) is -5.40. The minimum atomic E-state index is -1.74. The summed E-state index contributed by atoms with van der Waals surface area (Å²) in [6, 6.07) is 0. The molecule has 0 aromatic rings. The van der Waals surface area contributed by atoms with E-state index in [1.54, 1.807) is 0 Å². The summed E-state index contributed by atoms with van der Waals surface area (Å²) in [7, 11) is 0. The summed E-state index contributed by atoms with van der Waals surface area (Å²) in [6.07, 6.45) is -15.6. The molecule has 0 unspecified atom stereocenters. The first-order valence-electron chi connectivity index (χ1n) is 7.08. The maximum absolute atomic E-state index is 9.94. The van der Waals surface area contributed by atoms with E-state index in [2.05, 4.69) is 0 Å². The fourth-order valence-corrected chi connectivity index (χ4v) is 2.57. The first-order valence-corrected chi connectivity index (χ1v) is 7.08. The van der Waals surface area contributed by atoms with Crippen molar-refractivity contribution in [2.75, 3.05) is 13.2 Å². The summed E-state index contributed by atoms with van der Waals surface area (Å²) < 4.78 is 15.3. The Morgan fingerprint density at radius 2 is 1.26 bits per heavy atom. The third-order valence-corrected chi connectivity index (χ3v) is 3.98. The number of hydrogen-bond donors (Lipinski definition) is 8. The van der Waals surface area contributed by atoms with Crippen molar-refractivity contribution in [3.8, 4) is 0 Å². The molecule has 0 bridgehead atoms. The van der Waals surface area contributed by atoms with Crippen molar-refractivity contribution >= 4 is 0 Å². The Bertz CT molecular complexity index is 378. The summed E-state index contributed by atoms with van der Waals surface area (Å²) in [5.41, 5.74) is 0. The Hall–Kier alpha value is -0.440. The molecule has 8 N–H and O–H groups in total. The molecule has 0 aromatic heterocycles. The van der Waals surface area contributed by atoms with Crippen LogP contribution < -0.4 is 0 Å². The topological polar surface area (TPSA) is 190 Å². The van der Waals surface area contributed by atoms with Crippen molar-refractivity contribution in [3.05, 3.63) is 0 Å². The van der Waals surface area contributed by atoms with Crippen LogP contribution in [-0.4, -0.2) is 115 Å². The maximum atomic E-state index is 9.94. The fraction of sp³-hybridized carbons (Fsp3) is 1.00. The largest absolute Gasteiger partial charge is 0.394 e. The van der Waals surface area contributed by atoms with Gasteiger partial charge in [-0.15, -0.1) is 0 Å². The average Bonchev–Trinajstić information content (AvgIpc) is 2.55. The molecule has 0 saturated carbocycles. The van der Waals surface area contributed by atoms with Gasteiger partial charge in [0.1, 0.15) is 48.8 Å². The SMILES string of the molecule is OC[C@H]1O[C@@H](O[C@@H]2[C@@H](O)[C@@H](O)[C@@H](O)O[C@@H]2CO)[C@H](O)[C@@H](O)[C@@H]1O. The second-order valence-electron chi connectivity index (χ2n) is 5.53. The van der Waals surface area contributed by atoms with E-state index in [1.807, 2.05) is 0 Å². The minimum Gasteiger partial charge on any atom is -0.394 e. The lowest BCUT2D eigenvalue weighted by Crippen LogP contribution is -2.64. The number of ether oxygens (including phenoxy) is 3. The van der Waals surface area contributed by atoms with Gasteiger partial charge in [-0.1, -0.05) is 0 Å². The van der Waals surface area contributed by atoms with E-state index >= 15 is 0 Å². The molecule has 0 amide bonds. The van der Waals surface area contributed by atoms with Crippen LogP contribution in [0.5, 0.6) is 0 Å². The molecule has 0 aliphatic carbocycles. The molecule has 0 spiro atoms. The third kappa shape index (κ3) is 3.65. The molecule has 2 aliphatic rings. The summed E-state index contributed by atoms with van der Waals surface area (Å²) in [5.74, 6) is 0. The van der Waals surface area contributed by atoms with Gasteiger partial charge in [-0.05, 0) is 0 Å². The number of hydrogen-bond acceptors (Lipinski definition) is 11. The second kappa shape index (κ2) is 7.63. The smallest absolute Gasteiger partial charge is 0.187 e. The highest BCUT2D eigenvalue weighted by Crippen LogP contribution is 2.28. The summed E-state index contributed by atoms with van der Waals surface area (Å²) in [5, 5.41) is 76.5. The Kier molecular flexibility index (Phi) is 6.27. The molecule has 2 fully saturated rings. The van der Waals surface area contributed by atoms with Crippen molar-refractivity contribution in [2.45, 2.75) is 61.4 Å². The predicted molar refractivity (Wildman–Crippen MR) is 68.6 cm³/mol. The standard InChI is InChI=1S/C12H22O11/c13-1-3-5(15)6(16)9(19)12(22-3)23-10-4(2-14)21-11(20)8(18)7(10)17/h3-20H,1-2H2/t3-,4-,5-,6+,7+,8-,9-,10+,11+,12+/m1/s1. The summed E-state index contributed by atoms with van der Waals surface area (Å²) >= 11 is 0. The molecule has 2 aliphatic heterocycles. The van der Waals surface area contributed by atoms with Crippen LogP contribution in [0.25, 0.3) is 0 Å². The second-order valence-corrected chi connectivity index (χ2v) is 5.53. The van der Waals surface area contributed by atoms with Gasteiger partial charge in [0.25, 0.3) is 0 Å². The van der Waals surface area contributed by atoms with Crippen LogP contribution in [0.3, 0.4) is 0 Å². The Balaban J connectivity index is 2.11. The lowest BCUT2D eigenvalue weighted by atomic mass is 9.97. The molecule has 0 radical (unpaired) electrons. The molecule has 2 saturated heterocycles. The summed E-state index contributed by atoms with van der Waals surface area (Å²) in [4.78, 5) is 0. The van der Waals surface area contributed by atoms with Gasteiger partial charge in [0.05, 0.1) is 13.2 Å². The lowest BCUT2D eigenvalue weighted by molar-refractivity contribution is -0.355. The molecule has 11 nitrogen and oxygen atoms in total. The average molecular weight is 342 g/mol. The zero-order valence-electron chi connectivity index (χ0n) is 12.0. The van der Waals surface area contributed by atoms with Gasteiger partial charge in [-0.25, -0.2) is 0 Å². The van der Waals surface area contributed by atoms with Crippen molar-refractivity contribution < 1.29 is 55.1 Å². The Morgan fingerprint density at radius 1 is 0.652 bits per heavy atom. The Morgan fingerprint density at radius 3 is 1.83 bits per heavy atom. The van der Waals surface area contributed by atoms with E-state index in [-0.39, 0.29) is 0 Å². The van der Waals surface area contributed by atoms with Crippen LogP contribution in [-0.2, 0) is 14.2 Å². The van der Waals surface area contributed by atoms with E-state index in [4.69, 9.17) is 19.3 Å². The molecule has 11 heteroatoms. The van der Waals surface area contributed by atoms with E-state index in [1.165, 1.54) is 0 Å². The number of aliphatic hydroxyl groups is 8. The molecular weight excluding hydrogens is 320 g/mol. The molecular formula is C12H22O11. The monoisotopic (exact) mass is 342 g/mol. The molecule has 2 rings (SSSR count). The minimum absolute atomic E-state index is 0.667. The van der Waals surface area contributed by atoms with Crippen molar-refractivity contribution in [2.24, 2.45) is 0 Å². The van der Waals surface area contributed by atoms with E-state index in [0.29, 0.717) is 0 Å². The van der Waals surface area contributed by atoms with Gasteiger partial charge in [0.15, 0.2) is 12.6 Å². The molecule has 2 heterocycles. The normalized spacial score (nSPS) is 51.7. The fourth-order valence-electron chi connectivity index (χ4n) is 2.57. The quantitative estimate of drug-likeness (QED) is 0.243. The highest BCUT2D eigenvalue weighted by Gasteiger charge is 2.50. The molecule has 0 aromatic carbocycles. The maximum Gasteiger partial charge on any atom is 0.187 e. The first-order chi connectivity index (χ1) is 10.8. The molecule has 136 valence electrons. The highest BCUT2D eigenvalue weighted by molar-refractivity contribution is 4.93. The van der Waals surface area contributed by atoms with Gasteiger partial charge in [-0.2, -0.15) is 0 Å². The van der Waals surface area contributed by atoms with Crippen LogP contribution >= 0.6 is 0 Å². The highest BCUT2D eigenvalue weighted by atomic mass is 16.7. The van der Waals surface area contributed by atoms with Crippen LogP contribution in [0.2, 0.25) is 0 Å². The summed E-state index contributed by atoms with van der Waals surface area (Å²) in [6.45, 7) is -1.35. The van der Waals surface area contributed by atoms with Gasteiger partial charge in [0, 0.05) is 0 Å². The van der Waals surface area contributed by atoms with E-state index in [9.17, 15) is 35.7 Å². The van der Waals surface area contributed by atoms with Crippen LogP contribution in [0.1, 0.15) is 0 Å². The number of rotatable bonds is 4. The zero-order chi connectivity index (χ0) is 17.3. The van der Waals surface area contributed by atoms with Crippen molar-refractivity contribution in [1.82, 2.24) is 0 Å². The lowest BCUT2D eigenvalue weighted by Gasteiger charge is -2.45. The number of aliphatic hydroxyl groups excluding tert-OH is 8. The van der Waals surface area contributed by atoms with E-state index in [0.717, 1.165) is 0 Å². The van der Waals surface area contributed by atoms with E-state index < -0.39 is 74.6 Å². The van der Waals surface area contributed by atoms with Gasteiger partial charge >= 0.3 is 0 Å².